The van der Waals surface area contributed by atoms with Gasteiger partial charge in [-0.1, -0.05) is 5.92 Å². The highest BCUT2D eigenvalue weighted by atomic mass is 32.2. The average molecular weight is 561 g/mol. The van der Waals surface area contributed by atoms with Crippen LogP contribution in [0.15, 0.2) is 29.8 Å². The SMILES string of the molecule is CN1C2CCC1[C@H](Nc1nccn3c(SC(F)(F)F)c(C#CCNC(=O)c4cnn(C(C)(C)C)c4)nc13)CC2. The summed E-state index contributed by atoms with van der Waals surface area (Å²) in [6.45, 7) is 5.83. The normalized spacial score (nSPS) is 21.6. The molecule has 2 aliphatic rings. The second kappa shape index (κ2) is 10.4. The Bertz CT molecular complexity index is 1430. The van der Waals surface area contributed by atoms with Crippen LogP contribution in [0.2, 0.25) is 0 Å². The summed E-state index contributed by atoms with van der Waals surface area (Å²) in [6.07, 6.45) is 10.3. The van der Waals surface area contributed by atoms with Crippen molar-refractivity contribution >= 4 is 29.1 Å². The molecule has 5 heterocycles. The molecule has 2 unspecified atom stereocenters. The van der Waals surface area contributed by atoms with Gasteiger partial charge in [0.05, 0.1) is 23.8 Å². The van der Waals surface area contributed by atoms with Crippen molar-refractivity contribution in [2.75, 3.05) is 18.9 Å². The highest BCUT2D eigenvalue weighted by Gasteiger charge is 2.40. The fourth-order valence-electron chi connectivity index (χ4n) is 5.29. The highest BCUT2D eigenvalue weighted by molar-refractivity contribution is 8.00. The van der Waals surface area contributed by atoms with Crippen LogP contribution in [0.4, 0.5) is 19.0 Å². The molecule has 2 aliphatic heterocycles. The summed E-state index contributed by atoms with van der Waals surface area (Å²) in [5.41, 5.74) is -4.17. The van der Waals surface area contributed by atoms with E-state index in [1.54, 1.807) is 10.9 Å². The van der Waals surface area contributed by atoms with Gasteiger partial charge in [-0.25, -0.2) is 9.97 Å². The van der Waals surface area contributed by atoms with Crippen LogP contribution in [-0.2, 0) is 5.54 Å². The zero-order chi connectivity index (χ0) is 27.9. The molecule has 0 radical (unpaired) electrons. The molecule has 2 N–H and O–H groups in total. The minimum atomic E-state index is -4.53. The Balaban J connectivity index is 1.37. The van der Waals surface area contributed by atoms with E-state index >= 15 is 0 Å². The van der Waals surface area contributed by atoms with Crippen LogP contribution < -0.4 is 10.6 Å². The zero-order valence-corrected chi connectivity index (χ0v) is 23.0. The molecule has 3 aromatic heterocycles. The molecular formula is C26H31F3N8OS. The maximum atomic E-state index is 13.5. The quantitative estimate of drug-likeness (QED) is 0.359. The summed E-state index contributed by atoms with van der Waals surface area (Å²) >= 11 is -0.268. The summed E-state index contributed by atoms with van der Waals surface area (Å²) in [5.74, 6) is 5.53. The molecule has 2 bridgehead atoms. The number of anilines is 1. The predicted molar refractivity (Wildman–Crippen MR) is 143 cm³/mol. The molecule has 0 aromatic carbocycles. The monoisotopic (exact) mass is 560 g/mol. The van der Waals surface area contributed by atoms with E-state index in [0.717, 1.165) is 25.7 Å². The first-order chi connectivity index (χ1) is 18.4. The number of nitrogens with one attached hydrogen (secondary N) is 2. The van der Waals surface area contributed by atoms with E-state index in [4.69, 9.17) is 0 Å². The zero-order valence-electron chi connectivity index (χ0n) is 22.2. The molecule has 3 atom stereocenters. The first-order valence-electron chi connectivity index (χ1n) is 12.8. The Morgan fingerprint density at radius 3 is 2.69 bits per heavy atom. The van der Waals surface area contributed by atoms with Crippen molar-refractivity contribution < 1.29 is 18.0 Å². The van der Waals surface area contributed by atoms with Crippen LogP contribution in [0, 0.1) is 11.8 Å². The minimum absolute atomic E-state index is 0.0233. The van der Waals surface area contributed by atoms with Crippen molar-refractivity contribution in [2.24, 2.45) is 0 Å². The number of carbonyl (C=O) groups is 1. The Morgan fingerprint density at radius 2 is 1.97 bits per heavy atom. The van der Waals surface area contributed by atoms with E-state index in [1.807, 2.05) is 20.8 Å². The molecule has 2 fully saturated rings. The topological polar surface area (TPSA) is 92.4 Å². The first kappa shape index (κ1) is 27.3. The highest BCUT2D eigenvalue weighted by Crippen LogP contribution is 2.40. The van der Waals surface area contributed by atoms with Gasteiger partial charge >= 0.3 is 5.51 Å². The number of alkyl halides is 3. The number of likely N-dealkylation sites (N-methyl/N-ethyl adjacent to an activating group) is 1. The molecule has 2 saturated heterocycles. The summed E-state index contributed by atoms with van der Waals surface area (Å²) in [6, 6.07) is 1.08. The van der Waals surface area contributed by atoms with Crippen molar-refractivity contribution in [1.29, 1.82) is 0 Å². The lowest BCUT2D eigenvalue weighted by Gasteiger charge is -2.38. The number of hydrogen-bond acceptors (Lipinski definition) is 7. The molecule has 5 rings (SSSR count). The summed E-state index contributed by atoms with van der Waals surface area (Å²) in [7, 11) is 2.13. The summed E-state index contributed by atoms with van der Waals surface area (Å²) in [5, 5.41) is 10.2. The Labute approximate surface area is 228 Å². The number of hydrogen-bond donors (Lipinski definition) is 2. The Morgan fingerprint density at radius 1 is 1.21 bits per heavy atom. The van der Waals surface area contributed by atoms with Crippen molar-refractivity contribution in [2.45, 2.75) is 80.7 Å². The number of halogens is 3. The third-order valence-electron chi connectivity index (χ3n) is 7.28. The van der Waals surface area contributed by atoms with Gasteiger partial charge in [0.1, 0.15) is 10.7 Å². The van der Waals surface area contributed by atoms with Crippen molar-refractivity contribution in [1.82, 2.24) is 34.4 Å². The molecule has 39 heavy (non-hydrogen) atoms. The van der Waals surface area contributed by atoms with Gasteiger partial charge in [0.2, 0.25) is 0 Å². The average Bonchev–Trinajstić information content (AvgIpc) is 3.53. The Kier molecular flexibility index (Phi) is 7.28. The van der Waals surface area contributed by atoms with Gasteiger partial charge in [0, 0.05) is 48.5 Å². The van der Waals surface area contributed by atoms with Crippen molar-refractivity contribution in [3.05, 3.63) is 36.0 Å². The number of carbonyl (C=O) groups excluding carboxylic acids is 1. The van der Waals surface area contributed by atoms with Crippen LogP contribution >= 0.6 is 11.8 Å². The maximum Gasteiger partial charge on any atom is 0.447 e. The van der Waals surface area contributed by atoms with Gasteiger partial charge in [-0.05, 0) is 59.4 Å². The molecule has 0 aliphatic carbocycles. The number of fused-ring (bicyclic) bond motifs is 3. The number of imidazole rings is 1. The number of nitrogens with zero attached hydrogens (tertiary/aromatic N) is 6. The molecule has 0 saturated carbocycles. The first-order valence-corrected chi connectivity index (χ1v) is 13.7. The van der Waals surface area contributed by atoms with E-state index in [0.29, 0.717) is 23.5 Å². The number of rotatable bonds is 5. The van der Waals surface area contributed by atoms with E-state index in [9.17, 15) is 18.0 Å². The summed E-state index contributed by atoms with van der Waals surface area (Å²) < 4.78 is 43.5. The van der Waals surface area contributed by atoms with E-state index < -0.39 is 5.51 Å². The van der Waals surface area contributed by atoms with Crippen LogP contribution in [-0.4, -0.2) is 72.2 Å². The van der Waals surface area contributed by atoms with Gasteiger partial charge in [-0.15, -0.1) is 0 Å². The van der Waals surface area contributed by atoms with Crippen LogP contribution in [0.1, 0.15) is 62.5 Å². The summed E-state index contributed by atoms with van der Waals surface area (Å²) in [4.78, 5) is 23.7. The van der Waals surface area contributed by atoms with Gasteiger partial charge in [0.15, 0.2) is 11.5 Å². The lowest BCUT2D eigenvalue weighted by Crippen LogP contribution is -2.48. The lowest BCUT2D eigenvalue weighted by molar-refractivity contribution is -0.0330. The number of thioether (sulfide) groups is 1. The van der Waals surface area contributed by atoms with Gasteiger partial charge in [0.25, 0.3) is 5.91 Å². The van der Waals surface area contributed by atoms with E-state index in [-0.39, 0.29) is 52.2 Å². The van der Waals surface area contributed by atoms with Gasteiger partial charge in [-0.2, -0.15) is 18.3 Å². The molecule has 208 valence electrons. The third-order valence-corrected chi connectivity index (χ3v) is 8.09. The van der Waals surface area contributed by atoms with E-state index in [2.05, 4.69) is 49.5 Å². The van der Waals surface area contributed by atoms with Crippen LogP contribution in [0.25, 0.3) is 5.65 Å². The van der Waals surface area contributed by atoms with Crippen LogP contribution in [0.5, 0.6) is 0 Å². The number of piperidine rings is 1. The molecular weight excluding hydrogens is 529 g/mol. The lowest BCUT2D eigenvalue weighted by atomic mass is 9.98. The number of amides is 1. The molecule has 0 spiro atoms. The standard InChI is InChI=1S/C26H31F3N8OS/c1-25(2,3)37-15-16(14-32-37)23(38)31-11-5-6-19-24(39-26(27,28)29)36-13-12-30-21(22(36)34-19)33-18-9-7-17-8-10-20(18)35(17)4/h12-15,17-18,20H,7-11H2,1-4H3,(H,30,33)(H,31,38)/t17?,18-,20?/m1/s1. The second-order valence-electron chi connectivity index (χ2n) is 10.9. The third kappa shape index (κ3) is 5.86. The maximum absolute atomic E-state index is 13.5. The van der Waals surface area contributed by atoms with Gasteiger partial charge in [-0.3, -0.25) is 18.8 Å². The fourth-order valence-corrected chi connectivity index (χ4v) is 5.95. The largest absolute Gasteiger partial charge is 0.447 e. The molecule has 3 aromatic rings. The molecule has 9 nitrogen and oxygen atoms in total. The minimum Gasteiger partial charge on any atom is -0.363 e. The molecule has 13 heteroatoms. The van der Waals surface area contributed by atoms with Crippen molar-refractivity contribution in [3.8, 4) is 11.8 Å². The van der Waals surface area contributed by atoms with Crippen molar-refractivity contribution in [3.63, 3.8) is 0 Å². The van der Waals surface area contributed by atoms with E-state index in [1.165, 1.54) is 23.0 Å². The predicted octanol–water partition coefficient (Wildman–Crippen LogP) is 4.11. The Hall–Kier alpha value is -3.24. The van der Waals surface area contributed by atoms with Crippen LogP contribution in [0.3, 0.4) is 0 Å². The van der Waals surface area contributed by atoms with Gasteiger partial charge < -0.3 is 10.6 Å². The fraction of sp³-hybridized carbons (Fsp3) is 0.538. The molecule has 1 amide bonds. The second-order valence-corrected chi connectivity index (χ2v) is 12.0. The smallest absolute Gasteiger partial charge is 0.363 e. The number of aromatic nitrogens is 5.